The van der Waals surface area contributed by atoms with Crippen LogP contribution in [0.3, 0.4) is 0 Å². The third-order valence-electron chi connectivity index (χ3n) is 6.65. The number of aryl methyl sites for hydroxylation is 1. The Morgan fingerprint density at radius 3 is 2.26 bits per heavy atom. The Labute approximate surface area is 183 Å². The van der Waals surface area contributed by atoms with Crippen molar-refractivity contribution >= 4 is 16.9 Å². The van der Waals surface area contributed by atoms with Crippen molar-refractivity contribution in [2.75, 3.05) is 7.11 Å². The molecule has 0 heterocycles. The molecule has 0 bridgehead atoms. The Kier molecular flexibility index (Phi) is 4.66. The SMILES string of the molecule is COc1ccc2c(c1)CCC(C)(C)C1=CC(=O)c3ccccc3/C1=C/2c1ccccc1. The molecule has 0 aromatic heterocycles. The van der Waals surface area contributed by atoms with Crippen LogP contribution < -0.4 is 4.74 Å². The second-order valence-electron chi connectivity index (χ2n) is 8.99. The lowest BCUT2D eigenvalue weighted by molar-refractivity contribution is 0.104. The standard InChI is InChI=1S/C29H26O2/c1-29(2)16-15-20-17-21(31-3)13-14-22(20)27(19-9-5-4-6-10-19)28-24-12-8-7-11-23(24)26(30)18-25(28)29/h4-14,17-18H,15-16H2,1-3H3/b28-27-. The molecule has 154 valence electrons. The predicted molar refractivity (Wildman–Crippen MR) is 126 cm³/mol. The Balaban J connectivity index is 1.95. The summed E-state index contributed by atoms with van der Waals surface area (Å²) in [5.41, 5.74) is 8.84. The number of fused-ring (bicyclic) bond motifs is 4. The summed E-state index contributed by atoms with van der Waals surface area (Å²) < 4.78 is 5.55. The van der Waals surface area contributed by atoms with Crippen LogP contribution in [0.15, 0.2) is 84.4 Å². The molecule has 3 aromatic rings. The fourth-order valence-corrected chi connectivity index (χ4v) is 4.91. The zero-order chi connectivity index (χ0) is 21.6. The number of methoxy groups -OCH3 is 1. The maximum Gasteiger partial charge on any atom is 0.186 e. The van der Waals surface area contributed by atoms with Crippen molar-refractivity contribution in [1.82, 2.24) is 0 Å². The molecule has 31 heavy (non-hydrogen) atoms. The van der Waals surface area contributed by atoms with Gasteiger partial charge < -0.3 is 4.74 Å². The average molecular weight is 407 g/mol. The molecule has 0 amide bonds. The topological polar surface area (TPSA) is 26.3 Å². The number of rotatable bonds is 2. The van der Waals surface area contributed by atoms with Gasteiger partial charge in [-0.05, 0) is 75.4 Å². The fourth-order valence-electron chi connectivity index (χ4n) is 4.91. The zero-order valence-electron chi connectivity index (χ0n) is 18.2. The first kappa shape index (κ1) is 19.6. The molecule has 0 saturated carbocycles. The van der Waals surface area contributed by atoms with Gasteiger partial charge >= 0.3 is 0 Å². The van der Waals surface area contributed by atoms with Crippen LogP contribution in [0.25, 0.3) is 11.1 Å². The summed E-state index contributed by atoms with van der Waals surface area (Å²) in [5, 5.41) is 0. The normalized spacial score (nSPS) is 19.3. The van der Waals surface area contributed by atoms with Gasteiger partial charge in [-0.1, -0.05) is 74.5 Å². The number of carbonyl (C=O) groups excluding carboxylic acids is 1. The Morgan fingerprint density at radius 1 is 0.806 bits per heavy atom. The molecule has 0 N–H and O–H groups in total. The van der Waals surface area contributed by atoms with Crippen molar-refractivity contribution in [2.45, 2.75) is 26.7 Å². The van der Waals surface area contributed by atoms with Gasteiger partial charge in [0, 0.05) is 5.56 Å². The van der Waals surface area contributed by atoms with Crippen LogP contribution in [0.5, 0.6) is 5.75 Å². The van der Waals surface area contributed by atoms with Gasteiger partial charge in [-0.2, -0.15) is 0 Å². The molecule has 3 aromatic carbocycles. The van der Waals surface area contributed by atoms with Crippen molar-refractivity contribution in [2.24, 2.45) is 5.41 Å². The molecule has 5 rings (SSSR count). The summed E-state index contributed by atoms with van der Waals surface area (Å²) in [6.45, 7) is 4.52. The summed E-state index contributed by atoms with van der Waals surface area (Å²) >= 11 is 0. The summed E-state index contributed by atoms with van der Waals surface area (Å²) in [6.07, 6.45) is 3.77. The van der Waals surface area contributed by atoms with Crippen LogP contribution in [0.1, 0.15) is 52.9 Å². The van der Waals surface area contributed by atoms with Gasteiger partial charge in [0.1, 0.15) is 5.75 Å². The fraction of sp³-hybridized carbons (Fsp3) is 0.207. The average Bonchev–Trinajstić information content (AvgIpc) is 2.79. The van der Waals surface area contributed by atoms with Gasteiger partial charge in [0.05, 0.1) is 7.11 Å². The van der Waals surface area contributed by atoms with Gasteiger partial charge in [0.2, 0.25) is 0 Å². The molecule has 2 aliphatic carbocycles. The van der Waals surface area contributed by atoms with Crippen LogP contribution in [0.2, 0.25) is 0 Å². The van der Waals surface area contributed by atoms with Gasteiger partial charge in [-0.3, -0.25) is 4.79 Å². The lowest BCUT2D eigenvalue weighted by atomic mass is 9.66. The molecule has 2 nitrogen and oxygen atoms in total. The first-order valence-corrected chi connectivity index (χ1v) is 10.8. The zero-order valence-corrected chi connectivity index (χ0v) is 18.2. The molecule has 0 atom stereocenters. The molecule has 0 unspecified atom stereocenters. The quantitative estimate of drug-likeness (QED) is 0.470. The summed E-state index contributed by atoms with van der Waals surface area (Å²) in [6, 6.07) is 25.0. The maximum atomic E-state index is 13.1. The maximum absolute atomic E-state index is 13.1. The van der Waals surface area contributed by atoms with Gasteiger partial charge in [0.15, 0.2) is 5.78 Å². The van der Waals surface area contributed by atoms with E-state index in [-0.39, 0.29) is 11.2 Å². The second kappa shape index (κ2) is 7.39. The number of benzene rings is 3. The molecule has 2 heteroatoms. The minimum absolute atomic E-state index is 0.102. The second-order valence-corrected chi connectivity index (χ2v) is 8.99. The Morgan fingerprint density at radius 2 is 1.52 bits per heavy atom. The first-order chi connectivity index (χ1) is 15.0. The van der Waals surface area contributed by atoms with Crippen LogP contribution in [-0.4, -0.2) is 12.9 Å². The van der Waals surface area contributed by atoms with E-state index in [2.05, 4.69) is 56.3 Å². The van der Waals surface area contributed by atoms with Crippen LogP contribution in [0.4, 0.5) is 0 Å². The van der Waals surface area contributed by atoms with Crippen LogP contribution in [-0.2, 0) is 6.42 Å². The van der Waals surface area contributed by atoms with Crippen molar-refractivity contribution in [3.8, 4) is 5.75 Å². The van der Waals surface area contributed by atoms with Crippen molar-refractivity contribution in [1.29, 1.82) is 0 Å². The number of ketones is 1. The summed E-state index contributed by atoms with van der Waals surface area (Å²) in [5.74, 6) is 0.981. The number of hydrogen-bond acceptors (Lipinski definition) is 2. The minimum Gasteiger partial charge on any atom is -0.497 e. The number of carbonyl (C=O) groups is 1. The summed E-state index contributed by atoms with van der Waals surface area (Å²) in [4.78, 5) is 13.1. The molecule has 2 aliphatic rings. The smallest absolute Gasteiger partial charge is 0.186 e. The molecule has 0 spiro atoms. The molecule has 0 saturated heterocycles. The highest BCUT2D eigenvalue weighted by atomic mass is 16.5. The highest BCUT2D eigenvalue weighted by Gasteiger charge is 2.36. The van der Waals surface area contributed by atoms with Gasteiger partial charge in [-0.25, -0.2) is 0 Å². The first-order valence-electron chi connectivity index (χ1n) is 10.8. The van der Waals surface area contributed by atoms with Gasteiger partial charge in [0.25, 0.3) is 0 Å². The van der Waals surface area contributed by atoms with E-state index in [1.54, 1.807) is 7.11 Å². The molecule has 0 fully saturated rings. The number of hydrogen-bond donors (Lipinski definition) is 0. The molecule has 0 radical (unpaired) electrons. The monoisotopic (exact) mass is 406 g/mol. The Bertz CT molecular complexity index is 1240. The molecular formula is C29H26O2. The third kappa shape index (κ3) is 3.23. The lowest BCUT2D eigenvalue weighted by Crippen LogP contribution is -2.24. The van der Waals surface area contributed by atoms with E-state index >= 15 is 0 Å². The molecule has 0 aliphatic heterocycles. The highest BCUT2D eigenvalue weighted by Crippen LogP contribution is 2.50. The largest absolute Gasteiger partial charge is 0.497 e. The molecular weight excluding hydrogens is 380 g/mol. The van der Waals surface area contributed by atoms with E-state index in [9.17, 15) is 4.79 Å². The minimum atomic E-state index is -0.140. The van der Waals surface area contributed by atoms with Crippen LogP contribution >= 0.6 is 0 Å². The number of ether oxygens (including phenoxy) is 1. The van der Waals surface area contributed by atoms with E-state index < -0.39 is 0 Å². The van der Waals surface area contributed by atoms with E-state index in [1.807, 2.05) is 36.4 Å². The highest BCUT2D eigenvalue weighted by molar-refractivity contribution is 6.19. The third-order valence-corrected chi connectivity index (χ3v) is 6.65. The van der Waals surface area contributed by atoms with Crippen LogP contribution in [0, 0.1) is 5.41 Å². The predicted octanol–water partition coefficient (Wildman–Crippen LogP) is 6.75. The van der Waals surface area contributed by atoms with Crippen molar-refractivity contribution < 1.29 is 9.53 Å². The van der Waals surface area contributed by atoms with E-state index in [1.165, 1.54) is 22.3 Å². The van der Waals surface area contributed by atoms with E-state index in [4.69, 9.17) is 4.74 Å². The van der Waals surface area contributed by atoms with Gasteiger partial charge in [-0.15, -0.1) is 0 Å². The summed E-state index contributed by atoms with van der Waals surface area (Å²) in [7, 11) is 1.72. The Hall–Kier alpha value is -3.39. The van der Waals surface area contributed by atoms with Crippen molar-refractivity contribution in [3.05, 3.63) is 112 Å². The van der Waals surface area contributed by atoms with Crippen molar-refractivity contribution in [3.63, 3.8) is 0 Å². The lowest BCUT2D eigenvalue weighted by Gasteiger charge is -2.37. The number of allylic oxidation sites excluding steroid dienone is 3. The van der Waals surface area contributed by atoms with E-state index in [0.29, 0.717) is 0 Å². The van der Waals surface area contributed by atoms with E-state index in [0.717, 1.165) is 40.9 Å².